The molecule has 0 spiro atoms. The lowest BCUT2D eigenvalue weighted by atomic mass is 10.00. The molecular weight excluding hydrogens is 466 g/mol. The average Bonchev–Trinajstić information content (AvgIpc) is 2.86. The number of nitrogens with one attached hydrogen (secondary N) is 2. The van der Waals surface area contributed by atoms with E-state index in [4.69, 9.17) is 11.6 Å². The van der Waals surface area contributed by atoms with E-state index in [-0.39, 0.29) is 11.0 Å². The number of fused-ring (bicyclic) bond motifs is 2. The zero-order valence-electron chi connectivity index (χ0n) is 19.0. The number of aliphatic hydroxyl groups excluding tert-OH is 1. The highest BCUT2D eigenvalue weighted by atomic mass is 35.5. The number of anilines is 1. The number of aromatic nitrogens is 4. The quantitative estimate of drug-likeness (QED) is 0.336. The van der Waals surface area contributed by atoms with E-state index in [9.17, 15) is 14.7 Å². The molecule has 176 valence electrons. The van der Waals surface area contributed by atoms with Gasteiger partial charge in [-0.15, -0.1) is 0 Å². The first-order valence-electron chi connectivity index (χ1n) is 11.1. The molecule has 9 heteroatoms. The summed E-state index contributed by atoms with van der Waals surface area (Å²) in [6.45, 7) is 3.46. The van der Waals surface area contributed by atoms with Crippen LogP contribution < -0.4 is 16.3 Å². The number of rotatable bonds is 5. The van der Waals surface area contributed by atoms with E-state index in [0.717, 1.165) is 0 Å². The lowest BCUT2D eigenvalue weighted by molar-refractivity contribution is 0.201. The first kappa shape index (κ1) is 22.8. The summed E-state index contributed by atoms with van der Waals surface area (Å²) < 4.78 is 1.54. The van der Waals surface area contributed by atoms with Gasteiger partial charge in [-0.3, -0.25) is 14.2 Å². The minimum absolute atomic E-state index is 0.235. The molecule has 0 aliphatic carbocycles. The third-order valence-electron chi connectivity index (χ3n) is 5.99. The molecule has 0 saturated carbocycles. The number of aliphatic hydroxyl groups is 1. The highest BCUT2D eigenvalue weighted by Crippen LogP contribution is 2.35. The third kappa shape index (κ3) is 3.86. The number of pyridine rings is 2. The summed E-state index contributed by atoms with van der Waals surface area (Å²) in [6.07, 6.45) is 2.03. The Morgan fingerprint density at radius 1 is 1.00 bits per heavy atom. The number of para-hydroxylation sites is 1. The fourth-order valence-electron chi connectivity index (χ4n) is 4.41. The average molecular weight is 488 g/mol. The van der Waals surface area contributed by atoms with Crippen LogP contribution in [-0.2, 0) is 0 Å². The summed E-state index contributed by atoms with van der Waals surface area (Å²) in [5.41, 5.74) is 1.48. The number of hydrogen-bond donors (Lipinski definition) is 3. The Kier molecular flexibility index (Phi) is 5.84. The molecule has 0 aliphatic heterocycles. The molecule has 3 N–H and O–H groups in total. The van der Waals surface area contributed by atoms with Gasteiger partial charge in [0.15, 0.2) is 5.43 Å². The number of H-pyrrole nitrogens is 1. The van der Waals surface area contributed by atoms with Crippen LogP contribution in [0.3, 0.4) is 0 Å². The molecule has 0 saturated heterocycles. The van der Waals surface area contributed by atoms with Crippen molar-refractivity contribution in [3.05, 3.63) is 104 Å². The first-order valence-corrected chi connectivity index (χ1v) is 11.5. The SMILES string of the molecule is C[C@H](O)c1cccc2c(Cl)c([C@H](C)Nc3ncnc4[nH]ccc(=O)c34)n(-c3ccccc3)c(=O)c12. The minimum atomic E-state index is -0.854. The second kappa shape index (κ2) is 8.98. The van der Waals surface area contributed by atoms with Crippen LogP contribution in [0, 0.1) is 0 Å². The number of nitrogens with zero attached hydrogens (tertiary/aromatic N) is 3. The van der Waals surface area contributed by atoms with Crippen molar-refractivity contribution in [3.8, 4) is 5.69 Å². The largest absolute Gasteiger partial charge is 0.389 e. The number of halogens is 1. The van der Waals surface area contributed by atoms with E-state index in [0.29, 0.717) is 49.6 Å². The van der Waals surface area contributed by atoms with Crippen LogP contribution in [0.2, 0.25) is 5.02 Å². The maximum Gasteiger partial charge on any atom is 0.263 e. The molecule has 0 bridgehead atoms. The Bertz CT molecular complexity index is 1670. The van der Waals surface area contributed by atoms with E-state index < -0.39 is 12.1 Å². The van der Waals surface area contributed by atoms with Crippen molar-refractivity contribution in [2.45, 2.75) is 26.0 Å². The van der Waals surface area contributed by atoms with Crippen molar-refractivity contribution >= 4 is 39.2 Å². The van der Waals surface area contributed by atoms with Gasteiger partial charge in [0.05, 0.1) is 28.2 Å². The van der Waals surface area contributed by atoms with Crippen molar-refractivity contribution in [2.75, 3.05) is 5.32 Å². The second-order valence-corrected chi connectivity index (χ2v) is 8.65. The Morgan fingerprint density at radius 3 is 2.51 bits per heavy atom. The molecule has 0 fully saturated rings. The van der Waals surface area contributed by atoms with E-state index in [1.165, 1.54) is 18.6 Å². The molecule has 8 nitrogen and oxygen atoms in total. The highest BCUT2D eigenvalue weighted by molar-refractivity contribution is 6.36. The molecule has 5 aromatic rings. The Labute approximate surface area is 204 Å². The Morgan fingerprint density at radius 2 is 1.77 bits per heavy atom. The van der Waals surface area contributed by atoms with Crippen molar-refractivity contribution in [2.24, 2.45) is 0 Å². The molecule has 35 heavy (non-hydrogen) atoms. The molecule has 3 aromatic heterocycles. The van der Waals surface area contributed by atoms with Crippen LogP contribution >= 0.6 is 11.6 Å². The van der Waals surface area contributed by atoms with E-state index in [1.807, 2.05) is 37.3 Å². The molecule has 2 atom stereocenters. The Balaban J connectivity index is 1.79. The van der Waals surface area contributed by atoms with Crippen LogP contribution in [0.4, 0.5) is 5.82 Å². The molecule has 0 radical (unpaired) electrons. The van der Waals surface area contributed by atoms with Gasteiger partial charge in [-0.2, -0.15) is 0 Å². The first-order chi connectivity index (χ1) is 16.9. The molecular formula is C26H22ClN5O3. The van der Waals surface area contributed by atoms with Gasteiger partial charge in [-0.1, -0.05) is 48.0 Å². The monoisotopic (exact) mass is 487 g/mol. The van der Waals surface area contributed by atoms with Gasteiger partial charge in [0, 0.05) is 23.3 Å². The summed E-state index contributed by atoms with van der Waals surface area (Å²) in [6, 6.07) is 15.3. The smallest absolute Gasteiger partial charge is 0.263 e. The van der Waals surface area contributed by atoms with Crippen LogP contribution in [-0.4, -0.2) is 24.6 Å². The van der Waals surface area contributed by atoms with Gasteiger partial charge in [0.25, 0.3) is 5.56 Å². The minimum Gasteiger partial charge on any atom is -0.389 e. The fraction of sp³-hybridized carbons (Fsp3) is 0.154. The highest BCUT2D eigenvalue weighted by Gasteiger charge is 2.24. The molecule has 0 unspecified atom stereocenters. The van der Waals surface area contributed by atoms with Gasteiger partial charge < -0.3 is 15.4 Å². The van der Waals surface area contributed by atoms with E-state index in [1.54, 1.807) is 29.7 Å². The molecule has 0 amide bonds. The van der Waals surface area contributed by atoms with Crippen molar-refractivity contribution < 1.29 is 5.11 Å². The standard InChI is InChI=1S/C26H22ClN5O3/c1-14(31-25-21-19(34)11-12-28-24(21)29-13-30-25)23-22(27)18-10-6-9-17(15(2)33)20(18)26(35)32(23)16-7-4-3-5-8-16/h3-15,33H,1-2H3,(H2,28,29,30,31,34)/t14-,15-/m0/s1. The van der Waals surface area contributed by atoms with Gasteiger partial charge in [0.2, 0.25) is 0 Å². The third-order valence-corrected chi connectivity index (χ3v) is 6.39. The number of benzene rings is 2. The summed E-state index contributed by atoms with van der Waals surface area (Å²) in [5, 5.41) is 15.2. The Hall–Kier alpha value is -4.01. The van der Waals surface area contributed by atoms with Crippen LogP contribution in [0.1, 0.15) is 37.3 Å². The maximum atomic E-state index is 13.9. The number of aromatic amines is 1. The van der Waals surface area contributed by atoms with Gasteiger partial charge in [-0.25, -0.2) is 9.97 Å². The normalized spacial score (nSPS) is 13.1. The van der Waals surface area contributed by atoms with E-state index in [2.05, 4.69) is 20.3 Å². The molecule has 2 aromatic carbocycles. The summed E-state index contributed by atoms with van der Waals surface area (Å²) >= 11 is 6.97. The molecule has 0 aliphatic rings. The van der Waals surface area contributed by atoms with Gasteiger partial charge >= 0.3 is 0 Å². The van der Waals surface area contributed by atoms with Gasteiger partial charge in [0.1, 0.15) is 23.2 Å². The van der Waals surface area contributed by atoms with Crippen molar-refractivity contribution in [1.82, 2.24) is 19.5 Å². The molecule has 5 rings (SSSR count). The zero-order valence-corrected chi connectivity index (χ0v) is 19.7. The van der Waals surface area contributed by atoms with E-state index >= 15 is 0 Å². The lowest BCUT2D eigenvalue weighted by Crippen LogP contribution is -2.27. The van der Waals surface area contributed by atoms with Crippen LogP contribution in [0.25, 0.3) is 27.5 Å². The maximum absolute atomic E-state index is 13.9. The second-order valence-electron chi connectivity index (χ2n) is 8.27. The van der Waals surface area contributed by atoms with Crippen molar-refractivity contribution in [1.29, 1.82) is 0 Å². The topological polar surface area (TPSA) is 113 Å². The summed E-state index contributed by atoms with van der Waals surface area (Å²) in [7, 11) is 0. The number of hydrogen-bond acceptors (Lipinski definition) is 6. The summed E-state index contributed by atoms with van der Waals surface area (Å²) in [4.78, 5) is 37.9. The van der Waals surface area contributed by atoms with Crippen molar-refractivity contribution in [3.63, 3.8) is 0 Å². The predicted octanol–water partition coefficient (Wildman–Crippen LogP) is 4.50. The summed E-state index contributed by atoms with van der Waals surface area (Å²) in [5.74, 6) is 0.324. The zero-order chi connectivity index (χ0) is 24.7. The van der Waals surface area contributed by atoms with Gasteiger partial charge in [-0.05, 0) is 31.5 Å². The van der Waals surface area contributed by atoms with Crippen LogP contribution in [0.5, 0.6) is 0 Å². The fourth-order valence-corrected chi connectivity index (χ4v) is 4.81. The molecule has 3 heterocycles. The van der Waals surface area contributed by atoms with Crippen LogP contribution in [0.15, 0.2) is 76.7 Å². The lowest BCUT2D eigenvalue weighted by Gasteiger charge is -2.24. The predicted molar refractivity (Wildman–Crippen MR) is 137 cm³/mol.